The number of para-hydroxylation sites is 1. The maximum atomic E-state index is 15.2. The molecule has 0 saturated carbocycles. The van der Waals surface area contributed by atoms with Crippen molar-refractivity contribution >= 4 is 40.4 Å². The van der Waals surface area contributed by atoms with Crippen molar-refractivity contribution in [3.05, 3.63) is 108 Å². The van der Waals surface area contributed by atoms with Crippen molar-refractivity contribution in [3.63, 3.8) is 0 Å². The summed E-state index contributed by atoms with van der Waals surface area (Å²) in [6.07, 6.45) is 4.15. The van der Waals surface area contributed by atoms with E-state index in [0.29, 0.717) is 49.9 Å². The Balaban J connectivity index is 1.67. The van der Waals surface area contributed by atoms with Crippen LogP contribution in [0.3, 0.4) is 0 Å². The highest BCUT2D eigenvalue weighted by atomic mass is 16.3. The molecule has 1 aliphatic heterocycles. The number of carbonyl (C=O) groups excluding carboxylic acids is 5. The van der Waals surface area contributed by atoms with Crippen molar-refractivity contribution in [2.75, 3.05) is 13.1 Å². The number of carbonyl (C=O) groups is 5. The zero-order chi connectivity index (χ0) is 40.7. The van der Waals surface area contributed by atoms with Gasteiger partial charge >= 0.3 is 0 Å². The molecule has 1 aromatic heterocycles. The van der Waals surface area contributed by atoms with Crippen molar-refractivity contribution in [1.82, 2.24) is 25.4 Å². The van der Waals surface area contributed by atoms with Crippen LogP contribution in [0.5, 0.6) is 0 Å². The summed E-state index contributed by atoms with van der Waals surface area (Å²) in [7, 11) is 0. The lowest BCUT2D eigenvalue weighted by Crippen LogP contribution is -2.66. The average molecular weight is 780 g/mol. The van der Waals surface area contributed by atoms with E-state index in [2.05, 4.69) is 15.6 Å². The van der Waals surface area contributed by atoms with Crippen molar-refractivity contribution in [1.29, 1.82) is 0 Å². The first-order chi connectivity index (χ1) is 27.6. The number of rotatable bonds is 17. The predicted octanol–water partition coefficient (Wildman–Crippen LogP) is 3.48. The molecule has 2 heterocycles. The third-order valence-corrected chi connectivity index (χ3v) is 10.6. The molecule has 0 spiro atoms. The molecule has 13 nitrogen and oxygen atoms in total. The summed E-state index contributed by atoms with van der Waals surface area (Å²) in [4.78, 5) is 79.5. The van der Waals surface area contributed by atoms with Gasteiger partial charge in [0, 0.05) is 42.9 Å². The van der Waals surface area contributed by atoms with Gasteiger partial charge in [0.25, 0.3) is 5.91 Å². The van der Waals surface area contributed by atoms with E-state index < -0.39 is 59.8 Å². The largest absolute Gasteiger partial charge is 0.391 e. The van der Waals surface area contributed by atoms with Gasteiger partial charge in [0.1, 0.15) is 24.2 Å². The molecule has 8 N–H and O–H groups in total. The van der Waals surface area contributed by atoms with Crippen molar-refractivity contribution in [2.45, 2.75) is 108 Å². The van der Waals surface area contributed by atoms with Gasteiger partial charge in [0.05, 0.1) is 6.10 Å². The monoisotopic (exact) mass is 779 g/mol. The SMILES string of the molecule is C[C@@H](O)[C@H]1C(=O)N(C(=O)CCCCCCN)[C@@H](Cc2ccccc2)C(=O)N[C@@H](Cc2c[nH]c3ccccc23)C(=O)N[C@@H](CCCCN)C(=O)N1Cc1ccccc1. The van der Waals surface area contributed by atoms with E-state index in [0.717, 1.165) is 34.2 Å². The number of nitrogens with two attached hydrogens (primary N) is 2. The Bertz CT molecular complexity index is 1930. The first kappa shape index (κ1) is 42.8. The summed E-state index contributed by atoms with van der Waals surface area (Å²) < 4.78 is 0. The number of amides is 5. The Labute approximate surface area is 334 Å². The Hall–Kier alpha value is -5.37. The first-order valence-electron chi connectivity index (χ1n) is 20.1. The summed E-state index contributed by atoms with van der Waals surface area (Å²) in [5.74, 6) is -3.41. The van der Waals surface area contributed by atoms with Crippen LogP contribution in [0.15, 0.2) is 91.1 Å². The molecule has 0 radical (unpaired) electrons. The second-order valence-electron chi connectivity index (χ2n) is 14.9. The highest BCUT2D eigenvalue weighted by molar-refractivity contribution is 6.05. The van der Waals surface area contributed by atoms with Gasteiger partial charge in [0.15, 0.2) is 0 Å². The molecule has 1 fully saturated rings. The van der Waals surface area contributed by atoms with Gasteiger partial charge in [-0.25, -0.2) is 0 Å². The molecule has 304 valence electrons. The zero-order valence-corrected chi connectivity index (χ0v) is 32.8. The fourth-order valence-corrected chi connectivity index (χ4v) is 7.54. The van der Waals surface area contributed by atoms with Gasteiger partial charge in [0.2, 0.25) is 23.6 Å². The number of nitrogens with one attached hydrogen (secondary N) is 3. The van der Waals surface area contributed by atoms with Crippen LogP contribution in [-0.2, 0) is 43.4 Å². The summed E-state index contributed by atoms with van der Waals surface area (Å²) in [5, 5.41) is 18.2. The molecule has 1 saturated heterocycles. The van der Waals surface area contributed by atoms with Gasteiger partial charge in [-0.05, 0) is 74.9 Å². The second-order valence-corrected chi connectivity index (χ2v) is 14.9. The highest BCUT2D eigenvalue weighted by Crippen LogP contribution is 2.24. The van der Waals surface area contributed by atoms with E-state index in [-0.39, 0.29) is 32.2 Å². The van der Waals surface area contributed by atoms with E-state index in [1.54, 1.807) is 54.7 Å². The number of imide groups is 1. The van der Waals surface area contributed by atoms with Crippen LogP contribution < -0.4 is 22.1 Å². The smallest absolute Gasteiger partial charge is 0.255 e. The van der Waals surface area contributed by atoms with Crippen LogP contribution in [0, 0.1) is 0 Å². The Morgan fingerprint density at radius 1 is 0.719 bits per heavy atom. The van der Waals surface area contributed by atoms with E-state index >= 15 is 4.79 Å². The number of aliphatic hydroxyl groups excluding tert-OH is 1. The van der Waals surface area contributed by atoms with Crippen LogP contribution >= 0.6 is 0 Å². The Morgan fingerprint density at radius 2 is 1.33 bits per heavy atom. The minimum atomic E-state index is -1.58. The highest BCUT2D eigenvalue weighted by Gasteiger charge is 2.46. The molecule has 4 aromatic rings. The van der Waals surface area contributed by atoms with Gasteiger partial charge in [-0.3, -0.25) is 28.9 Å². The van der Waals surface area contributed by atoms with Gasteiger partial charge in [-0.15, -0.1) is 0 Å². The molecular formula is C44H57N7O6. The lowest BCUT2D eigenvalue weighted by molar-refractivity contribution is -0.162. The number of aromatic nitrogens is 1. The number of hydrogen-bond acceptors (Lipinski definition) is 8. The molecule has 0 bridgehead atoms. The predicted molar refractivity (Wildman–Crippen MR) is 219 cm³/mol. The summed E-state index contributed by atoms with van der Waals surface area (Å²) >= 11 is 0. The molecule has 5 atom stereocenters. The molecule has 0 unspecified atom stereocenters. The quantitative estimate of drug-likeness (QED) is 0.0874. The van der Waals surface area contributed by atoms with Crippen molar-refractivity contribution < 1.29 is 29.1 Å². The Kier molecular flexibility index (Phi) is 15.9. The third-order valence-electron chi connectivity index (χ3n) is 10.6. The summed E-state index contributed by atoms with van der Waals surface area (Å²) in [6.45, 7) is 2.16. The number of aliphatic hydroxyl groups is 1. The number of unbranched alkanes of at least 4 members (excludes halogenated alkanes) is 4. The fourth-order valence-electron chi connectivity index (χ4n) is 7.54. The number of hydrogen-bond donors (Lipinski definition) is 6. The topological polar surface area (TPSA) is 204 Å². The standard InChI is InChI=1S/C44H57N7O6/c1-30(52)40-44(57)51(39(53)23-10-2-3-14-24-45)38(26-31-16-6-4-7-17-31)42(55)49-37(27-33-28-47-35-21-12-11-20-34(33)35)41(54)48-36(22-13-15-25-46)43(56)50(40)29-32-18-8-5-9-19-32/h4-9,11-12,16-21,28,30,36-38,40,47,52H,2-3,10,13-15,22-27,29,45-46H2,1H3,(H,48,54)(H,49,55)/t30-,36+,37+,38+,40+/m1/s1. The molecule has 3 aromatic carbocycles. The number of nitrogens with zero attached hydrogens (tertiary/aromatic N) is 2. The van der Waals surface area contributed by atoms with Crippen LogP contribution in [0.1, 0.15) is 75.0 Å². The van der Waals surface area contributed by atoms with Crippen molar-refractivity contribution in [3.8, 4) is 0 Å². The average Bonchev–Trinajstić information content (AvgIpc) is 3.62. The molecule has 0 aliphatic carbocycles. The summed E-state index contributed by atoms with van der Waals surface area (Å²) in [5.41, 5.74) is 14.5. The molecule has 5 rings (SSSR count). The number of fused-ring (bicyclic) bond motifs is 1. The maximum absolute atomic E-state index is 15.2. The molecule has 13 heteroatoms. The van der Waals surface area contributed by atoms with Crippen molar-refractivity contribution in [2.24, 2.45) is 11.5 Å². The van der Waals surface area contributed by atoms with Gasteiger partial charge in [-0.1, -0.05) is 91.7 Å². The molecular weight excluding hydrogens is 723 g/mol. The minimum Gasteiger partial charge on any atom is -0.391 e. The molecule has 5 amide bonds. The minimum absolute atomic E-state index is 0.0520. The lowest BCUT2D eigenvalue weighted by atomic mass is 9.96. The van der Waals surface area contributed by atoms with E-state index in [4.69, 9.17) is 11.5 Å². The van der Waals surface area contributed by atoms with Gasteiger partial charge < -0.3 is 37.1 Å². The zero-order valence-electron chi connectivity index (χ0n) is 32.8. The Morgan fingerprint density at radius 3 is 2.02 bits per heavy atom. The summed E-state index contributed by atoms with van der Waals surface area (Å²) in [6, 6.07) is 20.3. The van der Waals surface area contributed by atoms with Crippen LogP contribution in [0.4, 0.5) is 0 Å². The van der Waals surface area contributed by atoms with Crippen LogP contribution in [0.2, 0.25) is 0 Å². The number of benzene rings is 3. The van der Waals surface area contributed by atoms with Gasteiger partial charge in [-0.2, -0.15) is 0 Å². The fraction of sp³-hybridized carbons (Fsp3) is 0.432. The third kappa shape index (κ3) is 11.4. The van der Waals surface area contributed by atoms with E-state index in [1.807, 2.05) is 36.4 Å². The van der Waals surface area contributed by atoms with Crippen LogP contribution in [0.25, 0.3) is 10.9 Å². The number of H-pyrrole nitrogens is 1. The van der Waals surface area contributed by atoms with E-state index in [1.165, 1.54) is 11.8 Å². The molecule has 1 aliphatic rings. The number of aromatic amines is 1. The lowest BCUT2D eigenvalue weighted by Gasteiger charge is -2.40. The normalized spacial score (nSPS) is 20.1. The van der Waals surface area contributed by atoms with E-state index in [9.17, 15) is 24.3 Å². The maximum Gasteiger partial charge on any atom is 0.255 e. The van der Waals surface area contributed by atoms with Crippen LogP contribution in [-0.4, -0.2) is 92.8 Å². The molecule has 57 heavy (non-hydrogen) atoms. The first-order valence-corrected chi connectivity index (χ1v) is 20.1. The second kappa shape index (κ2) is 21.2.